The molecule has 1 aromatic heterocycles. The lowest BCUT2D eigenvalue weighted by Gasteiger charge is -2.31. The number of nitrogens with two attached hydrogens (primary N) is 1. The number of halogens is 2. The van der Waals surface area contributed by atoms with Crippen molar-refractivity contribution in [3.8, 4) is 0 Å². The standard InChI is InChI=1S/C11H15F2NO/c12-11(13)4-1-8(2-5-11)10(14)9-3-6-15-7-9/h3,6-8,10H,1-2,4-5,14H2. The molecule has 1 aliphatic rings. The third kappa shape index (κ3) is 2.37. The topological polar surface area (TPSA) is 39.2 Å². The summed E-state index contributed by atoms with van der Waals surface area (Å²) >= 11 is 0. The first kappa shape index (κ1) is 10.6. The highest BCUT2D eigenvalue weighted by Crippen LogP contribution is 2.40. The van der Waals surface area contributed by atoms with E-state index in [2.05, 4.69) is 0 Å². The smallest absolute Gasteiger partial charge is 0.248 e. The Bertz CT molecular complexity index is 300. The van der Waals surface area contributed by atoms with E-state index in [-0.39, 0.29) is 24.8 Å². The molecule has 1 aromatic rings. The third-order valence-corrected chi connectivity index (χ3v) is 3.20. The maximum Gasteiger partial charge on any atom is 0.248 e. The quantitative estimate of drug-likeness (QED) is 0.823. The zero-order valence-electron chi connectivity index (χ0n) is 8.46. The summed E-state index contributed by atoms with van der Waals surface area (Å²) in [4.78, 5) is 0. The fourth-order valence-corrected chi connectivity index (χ4v) is 2.16. The van der Waals surface area contributed by atoms with E-state index in [1.807, 2.05) is 0 Å². The largest absolute Gasteiger partial charge is 0.472 e. The van der Waals surface area contributed by atoms with Crippen LogP contribution in [0.4, 0.5) is 8.78 Å². The minimum Gasteiger partial charge on any atom is -0.472 e. The average Bonchev–Trinajstić information content (AvgIpc) is 2.69. The minimum absolute atomic E-state index is 0.0385. The summed E-state index contributed by atoms with van der Waals surface area (Å²) in [6.07, 6.45) is 4.08. The lowest BCUT2D eigenvalue weighted by atomic mass is 9.80. The van der Waals surface area contributed by atoms with Crippen LogP contribution in [0.2, 0.25) is 0 Å². The van der Waals surface area contributed by atoms with Crippen molar-refractivity contribution in [3.63, 3.8) is 0 Å². The first-order valence-corrected chi connectivity index (χ1v) is 5.24. The molecule has 2 N–H and O–H groups in total. The molecule has 1 heterocycles. The van der Waals surface area contributed by atoms with Crippen LogP contribution in [0.15, 0.2) is 23.0 Å². The van der Waals surface area contributed by atoms with Gasteiger partial charge in [0.15, 0.2) is 0 Å². The number of hydrogen-bond acceptors (Lipinski definition) is 2. The molecule has 2 nitrogen and oxygen atoms in total. The summed E-state index contributed by atoms with van der Waals surface area (Å²) in [6.45, 7) is 0. The highest BCUT2D eigenvalue weighted by atomic mass is 19.3. The van der Waals surface area contributed by atoms with Gasteiger partial charge in [0.05, 0.1) is 12.5 Å². The molecule has 1 saturated carbocycles. The first-order valence-electron chi connectivity index (χ1n) is 5.24. The lowest BCUT2D eigenvalue weighted by Crippen LogP contribution is -2.30. The molecule has 0 saturated heterocycles. The second-order valence-electron chi connectivity index (χ2n) is 4.28. The van der Waals surface area contributed by atoms with E-state index in [9.17, 15) is 8.78 Å². The van der Waals surface area contributed by atoms with Crippen molar-refractivity contribution in [1.82, 2.24) is 0 Å². The van der Waals surface area contributed by atoms with E-state index in [0.29, 0.717) is 12.8 Å². The Kier molecular flexibility index (Phi) is 2.78. The lowest BCUT2D eigenvalue weighted by molar-refractivity contribution is -0.0483. The first-order chi connectivity index (χ1) is 7.08. The Morgan fingerprint density at radius 1 is 1.40 bits per heavy atom. The fourth-order valence-electron chi connectivity index (χ4n) is 2.16. The number of hydrogen-bond donors (Lipinski definition) is 1. The number of alkyl halides is 2. The number of rotatable bonds is 2. The molecule has 0 aromatic carbocycles. The molecule has 84 valence electrons. The van der Waals surface area contributed by atoms with Gasteiger partial charge in [-0.25, -0.2) is 8.78 Å². The second-order valence-corrected chi connectivity index (χ2v) is 4.28. The highest BCUT2D eigenvalue weighted by molar-refractivity contribution is 5.12. The molecule has 15 heavy (non-hydrogen) atoms. The molecule has 0 radical (unpaired) electrons. The Labute approximate surface area is 87.4 Å². The van der Waals surface area contributed by atoms with Gasteiger partial charge < -0.3 is 10.2 Å². The molecule has 1 aliphatic carbocycles. The van der Waals surface area contributed by atoms with Crippen LogP contribution in [0, 0.1) is 5.92 Å². The van der Waals surface area contributed by atoms with Crippen LogP contribution in [0.1, 0.15) is 37.3 Å². The van der Waals surface area contributed by atoms with Crippen LogP contribution in [-0.4, -0.2) is 5.92 Å². The summed E-state index contributed by atoms with van der Waals surface area (Å²) in [5.74, 6) is -2.32. The van der Waals surface area contributed by atoms with Crippen LogP contribution in [0.25, 0.3) is 0 Å². The van der Waals surface area contributed by atoms with Gasteiger partial charge in [-0.05, 0) is 24.8 Å². The predicted octanol–water partition coefficient (Wildman–Crippen LogP) is 3.10. The van der Waals surface area contributed by atoms with Gasteiger partial charge in [0.1, 0.15) is 0 Å². The van der Waals surface area contributed by atoms with Gasteiger partial charge in [0.2, 0.25) is 5.92 Å². The van der Waals surface area contributed by atoms with E-state index in [0.717, 1.165) is 5.56 Å². The van der Waals surface area contributed by atoms with Gasteiger partial charge >= 0.3 is 0 Å². The van der Waals surface area contributed by atoms with Crippen molar-refractivity contribution in [2.45, 2.75) is 37.6 Å². The minimum atomic E-state index is -2.48. The molecule has 1 fully saturated rings. The summed E-state index contributed by atoms with van der Waals surface area (Å²) in [5, 5.41) is 0. The Hall–Kier alpha value is -0.900. The maximum atomic E-state index is 12.9. The van der Waals surface area contributed by atoms with Crippen LogP contribution >= 0.6 is 0 Å². The highest BCUT2D eigenvalue weighted by Gasteiger charge is 2.37. The monoisotopic (exact) mass is 215 g/mol. The van der Waals surface area contributed by atoms with Crippen LogP contribution in [-0.2, 0) is 0 Å². The Morgan fingerprint density at radius 3 is 2.60 bits per heavy atom. The van der Waals surface area contributed by atoms with Crippen molar-refractivity contribution < 1.29 is 13.2 Å². The van der Waals surface area contributed by atoms with E-state index in [1.54, 1.807) is 18.6 Å². The van der Waals surface area contributed by atoms with Gasteiger partial charge in [-0.3, -0.25) is 0 Å². The average molecular weight is 215 g/mol. The van der Waals surface area contributed by atoms with Gasteiger partial charge in [0, 0.05) is 24.4 Å². The fraction of sp³-hybridized carbons (Fsp3) is 0.636. The normalized spacial score (nSPS) is 23.9. The zero-order chi connectivity index (χ0) is 10.9. The van der Waals surface area contributed by atoms with Gasteiger partial charge in [-0.15, -0.1) is 0 Å². The van der Waals surface area contributed by atoms with Gasteiger partial charge in [0.25, 0.3) is 0 Å². The molecule has 0 amide bonds. The second kappa shape index (κ2) is 3.93. The van der Waals surface area contributed by atoms with Crippen molar-refractivity contribution in [2.24, 2.45) is 11.7 Å². The van der Waals surface area contributed by atoms with Crippen molar-refractivity contribution >= 4 is 0 Å². The van der Waals surface area contributed by atoms with Crippen LogP contribution in [0.5, 0.6) is 0 Å². The van der Waals surface area contributed by atoms with Crippen molar-refractivity contribution in [3.05, 3.63) is 24.2 Å². The summed E-state index contributed by atoms with van der Waals surface area (Å²) in [6, 6.07) is 1.64. The molecule has 0 spiro atoms. The Morgan fingerprint density at radius 2 is 2.07 bits per heavy atom. The number of furan rings is 1. The summed E-state index contributed by atoms with van der Waals surface area (Å²) in [5.41, 5.74) is 6.91. The molecule has 1 unspecified atom stereocenters. The van der Waals surface area contributed by atoms with Crippen LogP contribution < -0.4 is 5.73 Å². The molecular formula is C11H15F2NO. The molecule has 1 atom stereocenters. The van der Waals surface area contributed by atoms with E-state index in [4.69, 9.17) is 10.2 Å². The predicted molar refractivity (Wildman–Crippen MR) is 52.5 cm³/mol. The molecule has 0 bridgehead atoms. The molecular weight excluding hydrogens is 200 g/mol. The van der Waals surface area contributed by atoms with E-state index >= 15 is 0 Å². The van der Waals surface area contributed by atoms with E-state index < -0.39 is 5.92 Å². The molecule has 2 rings (SSSR count). The maximum absolute atomic E-state index is 12.9. The van der Waals surface area contributed by atoms with Gasteiger partial charge in [-0.1, -0.05) is 0 Å². The summed E-state index contributed by atoms with van der Waals surface area (Å²) in [7, 11) is 0. The van der Waals surface area contributed by atoms with E-state index in [1.165, 1.54) is 0 Å². The molecule has 4 heteroatoms. The zero-order valence-corrected chi connectivity index (χ0v) is 8.46. The van der Waals surface area contributed by atoms with Crippen molar-refractivity contribution in [2.75, 3.05) is 0 Å². The van der Waals surface area contributed by atoms with Crippen LogP contribution in [0.3, 0.4) is 0 Å². The SMILES string of the molecule is NC(c1ccoc1)C1CCC(F)(F)CC1. The van der Waals surface area contributed by atoms with Gasteiger partial charge in [-0.2, -0.15) is 0 Å². The summed E-state index contributed by atoms with van der Waals surface area (Å²) < 4.78 is 30.8. The third-order valence-electron chi connectivity index (χ3n) is 3.20. The molecule has 0 aliphatic heterocycles. The Balaban J connectivity index is 1.96. The van der Waals surface area contributed by atoms with Crippen molar-refractivity contribution in [1.29, 1.82) is 0 Å².